The summed E-state index contributed by atoms with van der Waals surface area (Å²) in [5.74, 6) is -0.703. The fourth-order valence-electron chi connectivity index (χ4n) is 7.30. The van der Waals surface area contributed by atoms with Gasteiger partial charge in [-0.15, -0.1) is 0 Å². The molecule has 8 bridgehead atoms. The van der Waals surface area contributed by atoms with Crippen LogP contribution in [0.4, 0.5) is 0 Å². The summed E-state index contributed by atoms with van der Waals surface area (Å²) in [6.07, 6.45) is -12.3. The maximum absolute atomic E-state index is 10.4. The predicted octanol–water partition coefficient (Wildman–Crippen LogP) is -3.11. The summed E-state index contributed by atoms with van der Waals surface area (Å²) in [5.41, 5.74) is 0. The third kappa shape index (κ3) is 18.0. The fourth-order valence-corrected chi connectivity index (χ4v) is 7.30. The molecule has 0 saturated carbocycles. The molecule has 0 aromatic rings. The van der Waals surface area contributed by atoms with Gasteiger partial charge in [0.15, 0.2) is 25.2 Å². The van der Waals surface area contributed by atoms with E-state index in [-0.39, 0.29) is 119 Å². The van der Waals surface area contributed by atoms with Gasteiger partial charge < -0.3 is 133 Å². The van der Waals surface area contributed by atoms with Crippen molar-refractivity contribution >= 4 is 0 Å². The van der Waals surface area contributed by atoms with Gasteiger partial charge in [0, 0.05) is 99.7 Å². The van der Waals surface area contributed by atoms with Crippen LogP contribution in [0.1, 0.15) is 38.5 Å². The number of aliphatic hydroxyl groups is 10. The molecule has 12 N–H and O–H groups in total. The fraction of sp³-hybridized carbons (Fsp3) is 0.769. The normalized spacial score (nSPS) is 42.7. The second-order valence-corrected chi connectivity index (χ2v) is 14.4. The van der Waals surface area contributed by atoms with E-state index in [1.54, 1.807) is 0 Å². The molecule has 12 aliphatic heterocycles. The van der Waals surface area contributed by atoms with Crippen molar-refractivity contribution in [3.63, 3.8) is 0 Å². The number of aliphatic hydroxyl groups excluding tert-OH is 10. The Hall–Kier alpha value is 1.26. The molecular weight excluding hydrogens is 1150 g/mol. The van der Waals surface area contributed by atoms with Crippen LogP contribution in [0.2, 0.25) is 0 Å². The van der Waals surface area contributed by atoms with Crippen molar-refractivity contribution in [2.24, 2.45) is 11.8 Å². The molecule has 23 heteroatoms. The second kappa shape index (κ2) is 33.7. The smallest absolute Gasteiger partial charge is 0.186 e. The van der Waals surface area contributed by atoms with Gasteiger partial charge in [0.05, 0.1) is 25.4 Å². The first-order valence-electron chi connectivity index (χ1n) is 19.3. The molecule has 0 aromatic carbocycles. The van der Waals surface area contributed by atoms with Crippen LogP contribution in [-0.2, 0) is 124 Å². The Balaban J connectivity index is 0. The van der Waals surface area contributed by atoms with Crippen molar-refractivity contribution in [3.05, 3.63) is 60.9 Å². The molecule has 0 amide bonds. The summed E-state index contributed by atoms with van der Waals surface area (Å²) in [6.45, 7) is 13.7. The Morgan fingerprint density at radius 2 is 0.806 bits per heavy atom. The molecule has 12 aliphatic rings. The van der Waals surface area contributed by atoms with E-state index >= 15 is 0 Å². The zero-order chi connectivity index (χ0) is 43.1. The third-order valence-corrected chi connectivity index (χ3v) is 10.6. The summed E-state index contributed by atoms with van der Waals surface area (Å²) in [7, 11) is 6.36. The van der Waals surface area contributed by atoms with Crippen LogP contribution in [0.3, 0.4) is 0 Å². The standard InChI is InChI=1S/2C16H27O9.2C3H5N.CH3.W.2Y/c2*1-7-8-4-2-3-5-22-15-13(21)11(19)14(9(6-17)24-15)25-16(23-7)12(20)10(8)18;2*1-3-4-2;;;;/h2*7-21H,1-6H2;2*4H,1-2H2;1H3;;;/q2*-1;2*-2;-1;;;/t2*7?,8?,9?,10?,11?,12?,13?,14?,15-,16+;;;;;;/m11....../s1. The van der Waals surface area contributed by atoms with Crippen LogP contribution in [0, 0.1) is 59.6 Å². The molecule has 62 heavy (non-hydrogen) atoms. The molecule has 0 aliphatic carbocycles. The molecule has 20 atom stereocenters. The molecule has 12 fully saturated rings. The van der Waals surface area contributed by atoms with Gasteiger partial charge in [-0.2, -0.15) is 0 Å². The van der Waals surface area contributed by atoms with Gasteiger partial charge in [0.25, 0.3) is 0 Å². The number of hydrogen-bond acceptors (Lipinski definition) is 20. The molecule has 0 aromatic heterocycles. The van der Waals surface area contributed by atoms with Crippen molar-refractivity contribution in [1.82, 2.24) is 10.6 Å². The molecule has 16 unspecified atom stereocenters. The van der Waals surface area contributed by atoms with Gasteiger partial charge in [0.1, 0.15) is 61.0 Å². The summed E-state index contributed by atoms with van der Waals surface area (Å²) >= 11 is 0. The van der Waals surface area contributed by atoms with Crippen LogP contribution < -0.4 is 10.6 Å². The van der Waals surface area contributed by atoms with E-state index in [0.717, 1.165) is 0 Å². The number of rotatable bonds is 4. The topological polar surface area (TPSA) is 300 Å². The quantitative estimate of drug-likeness (QED) is 0.0980. The maximum Gasteiger partial charge on any atom is 0.186 e. The first kappa shape index (κ1) is 65.3. The monoisotopic (exact) mass is 1210 g/mol. The van der Waals surface area contributed by atoms with E-state index in [9.17, 15) is 51.1 Å². The van der Waals surface area contributed by atoms with E-state index in [0.29, 0.717) is 38.5 Å². The van der Waals surface area contributed by atoms with Gasteiger partial charge >= 0.3 is 0 Å². The largest absolute Gasteiger partial charge is 0.713 e. The Bertz CT molecular complexity index is 1100. The summed E-state index contributed by atoms with van der Waals surface area (Å²) in [4.78, 5) is 0. The molecule has 20 nitrogen and oxygen atoms in total. The van der Waals surface area contributed by atoms with Crippen molar-refractivity contribution < 1.29 is 175 Å². The van der Waals surface area contributed by atoms with E-state index in [1.165, 1.54) is 0 Å². The summed E-state index contributed by atoms with van der Waals surface area (Å²) in [5, 5.41) is 106. The van der Waals surface area contributed by atoms with Crippen molar-refractivity contribution in [1.29, 1.82) is 0 Å². The Morgan fingerprint density at radius 1 is 0.500 bits per heavy atom. The van der Waals surface area contributed by atoms with E-state index in [2.05, 4.69) is 64.1 Å². The Morgan fingerprint density at radius 3 is 1.10 bits per heavy atom. The van der Waals surface area contributed by atoms with Crippen molar-refractivity contribution in [3.8, 4) is 0 Å². The molecule has 0 spiro atoms. The van der Waals surface area contributed by atoms with Crippen LogP contribution >= 0.6 is 0 Å². The van der Waals surface area contributed by atoms with Gasteiger partial charge in [-0.1, -0.05) is 25.0 Å². The SMILES string of the molecule is C=[C-]N[CH2-].C=[C-]N[CH2-].[CH2-]C1O[C@H]2OC3C(CO)O[C@@H](OCCCCC1C(O)C2O)C(O)C3O.[CH2-]C1O[C@H]2OC3C(CO)O[C@@H](OCCCCC1C(O)C2O)C(O)C3O.[CH3-].[W].[Y].[Y]. The molecule has 12 saturated heterocycles. The zero-order valence-electron chi connectivity index (χ0n) is 35.2. The zero-order valence-corrected chi connectivity index (χ0v) is 43.8. The maximum atomic E-state index is 10.4. The Labute approximate surface area is 430 Å². The van der Waals surface area contributed by atoms with Crippen molar-refractivity contribution in [2.75, 3.05) is 26.4 Å². The average molecular weight is 1210 g/mol. The Kier molecular flexibility index (Phi) is 35.5. The second-order valence-electron chi connectivity index (χ2n) is 14.4. The first-order valence-corrected chi connectivity index (χ1v) is 19.3. The minimum Gasteiger partial charge on any atom is -0.713 e. The number of hydrogen-bond donors (Lipinski definition) is 12. The molecule has 2 radical (unpaired) electrons. The molecule has 12 heterocycles. The van der Waals surface area contributed by atoms with Gasteiger partial charge in [-0.25, -0.2) is 0 Å². The van der Waals surface area contributed by atoms with Crippen LogP contribution in [0.5, 0.6) is 0 Å². The minimum atomic E-state index is -1.42. The summed E-state index contributed by atoms with van der Waals surface area (Å²) in [6, 6.07) is 0. The molecule has 12 rings (SSSR count). The minimum absolute atomic E-state index is 0. The van der Waals surface area contributed by atoms with Crippen LogP contribution in [0.25, 0.3) is 0 Å². The van der Waals surface area contributed by atoms with E-state index in [1.807, 2.05) is 0 Å². The first-order chi connectivity index (χ1) is 27.7. The van der Waals surface area contributed by atoms with E-state index < -0.39 is 124 Å². The van der Waals surface area contributed by atoms with E-state index in [4.69, 9.17) is 37.9 Å². The van der Waals surface area contributed by atoms with Crippen molar-refractivity contribution in [2.45, 2.75) is 149 Å². The van der Waals surface area contributed by atoms with Crippen LogP contribution in [0.15, 0.2) is 13.2 Å². The van der Waals surface area contributed by atoms with Gasteiger partial charge in [0.2, 0.25) is 0 Å². The van der Waals surface area contributed by atoms with Gasteiger partial charge in [-0.05, 0) is 37.5 Å². The number of ether oxygens (including phenoxy) is 8. The summed E-state index contributed by atoms with van der Waals surface area (Å²) < 4.78 is 44.3. The van der Waals surface area contributed by atoms with Gasteiger partial charge in [-0.3, -0.25) is 27.3 Å². The number of nitrogens with one attached hydrogen (secondary N) is 2. The third-order valence-electron chi connectivity index (χ3n) is 10.6. The molecular formula is C39H67N2O18WY2-7. The van der Waals surface area contributed by atoms with Crippen LogP contribution in [-0.4, -0.2) is 188 Å². The average Bonchev–Trinajstić information content (AvgIpc) is 3.22. The molecule has 360 valence electrons. The predicted molar refractivity (Wildman–Crippen MR) is 205 cm³/mol.